The first-order valence-electron chi connectivity index (χ1n) is 2.90. The van der Waals surface area contributed by atoms with Crippen LogP contribution in [0.5, 0.6) is 0 Å². The van der Waals surface area contributed by atoms with Crippen molar-refractivity contribution in [1.82, 2.24) is 10.6 Å². The maximum atomic E-state index is 10.8. The van der Waals surface area contributed by atoms with E-state index in [-0.39, 0.29) is 0 Å². The van der Waals surface area contributed by atoms with Gasteiger partial charge in [-0.05, 0) is 6.92 Å². The molecule has 0 atom stereocenters. The zero-order valence-electron chi connectivity index (χ0n) is 5.80. The van der Waals surface area contributed by atoms with Crippen LogP contribution >= 0.6 is 0 Å². The van der Waals surface area contributed by atoms with Crippen LogP contribution < -0.4 is 16.4 Å². The Bertz CT molecular complexity index is 223. The van der Waals surface area contributed by atoms with E-state index in [1.165, 1.54) is 6.92 Å². The number of nitrogens with two attached hydrogens (primary N) is 1. The summed E-state index contributed by atoms with van der Waals surface area (Å²) >= 11 is 0. The Kier molecular flexibility index (Phi) is 1.41. The molecule has 1 aliphatic rings. The smallest absolute Gasteiger partial charge is 0.310 e. The van der Waals surface area contributed by atoms with Gasteiger partial charge in [0.15, 0.2) is 5.54 Å². The number of carbonyl (C=O) groups excluding carboxylic acids is 3. The second kappa shape index (κ2) is 2.03. The lowest BCUT2D eigenvalue weighted by Crippen LogP contribution is -2.69. The van der Waals surface area contributed by atoms with Crippen molar-refractivity contribution in [2.45, 2.75) is 12.5 Å². The fourth-order valence-electron chi connectivity index (χ4n) is 0.600. The van der Waals surface area contributed by atoms with E-state index in [9.17, 15) is 14.4 Å². The summed E-state index contributed by atoms with van der Waals surface area (Å²) in [5, 5.41) is 3.73. The van der Waals surface area contributed by atoms with Crippen LogP contribution in [-0.2, 0) is 9.59 Å². The molecule has 0 bridgehead atoms. The highest BCUT2D eigenvalue weighted by Crippen LogP contribution is 2.02. The molecule has 1 fully saturated rings. The fourth-order valence-corrected chi connectivity index (χ4v) is 0.600. The highest BCUT2D eigenvalue weighted by atomic mass is 16.2. The molecule has 0 aliphatic carbocycles. The Labute approximate surface area is 62.1 Å². The lowest BCUT2D eigenvalue weighted by molar-refractivity contribution is -0.136. The minimum atomic E-state index is -1.64. The molecule has 6 heteroatoms. The Morgan fingerprint density at radius 2 is 1.55 bits per heavy atom. The summed E-state index contributed by atoms with van der Waals surface area (Å²) in [6, 6.07) is -0.831. The molecular formula is C5H7N3O3. The lowest BCUT2D eigenvalue weighted by atomic mass is 10.0. The number of hydrogen-bond acceptors (Lipinski definition) is 4. The Morgan fingerprint density at radius 3 is 1.91 bits per heavy atom. The minimum Gasteiger partial charge on any atom is -0.310 e. The molecule has 0 radical (unpaired) electrons. The second-order valence-electron chi connectivity index (χ2n) is 2.44. The van der Waals surface area contributed by atoms with E-state index >= 15 is 0 Å². The molecule has 1 rings (SSSR count). The zero-order valence-corrected chi connectivity index (χ0v) is 5.80. The highest BCUT2D eigenvalue weighted by molar-refractivity contribution is 6.21. The molecule has 1 saturated heterocycles. The average Bonchev–Trinajstić information content (AvgIpc) is 1.84. The number of imide groups is 2. The highest BCUT2D eigenvalue weighted by Gasteiger charge is 2.42. The van der Waals surface area contributed by atoms with Crippen LogP contribution in [0.15, 0.2) is 0 Å². The minimum absolute atomic E-state index is 0.786. The molecule has 0 unspecified atom stereocenters. The van der Waals surface area contributed by atoms with E-state index in [1.807, 2.05) is 10.6 Å². The van der Waals surface area contributed by atoms with Gasteiger partial charge >= 0.3 is 6.03 Å². The van der Waals surface area contributed by atoms with Gasteiger partial charge in [-0.15, -0.1) is 0 Å². The normalized spacial score (nSPS) is 22.5. The summed E-state index contributed by atoms with van der Waals surface area (Å²) in [6.45, 7) is 1.23. The molecule has 0 saturated carbocycles. The molecular weight excluding hydrogens is 150 g/mol. The molecule has 4 amide bonds. The fraction of sp³-hybridized carbons (Fsp3) is 0.400. The first-order chi connectivity index (χ1) is 4.94. The monoisotopic (exact) mass is 157 g/mol. The molecule has 4 N–H and O–H groups in total. The lowest BCUT2D eigenvalue weighted by Gasteiger charge is -2.25. The number of urea groups is 1. The molecule has 1 heterocycles. The van der Waals surface area contributed by atoms with Gasteiger partial charge in [0.2, 0.25) is 0 Å². The van der Waals surface area contributed by atoms with E-state index in [2.05, 4.69) is 0 Å². The maximum absolute atomic E-state index is 10.8. The van der Waals surface area contributed by atoms with Crippen LogP contribution in [-0.4, -0.2) is 23.4 Å². The van der Waals surface area contributed by atoms with E-state index in [0.717, 1.165) is 0 Å². The standard InChI is InChI=1S/C5H7N3O3/c1-5(6)2(9)7-4(11)8-3(5)10/h6H2,1H3,(H2,7,8,9,10,11). The summed E-state index contributed by atoms with van der Waals surface area (Å²) in [7, 11) is 0. The van der Waals surface area contributed by atoms with Crippen molar-refractivity contribution in [3.05, 3.63) is 0 Å². The Hall–Kier alpha value is -1.43. The molecule has 0 aromatic carbocycles. The van der Waals surface area contributed by atoms with E-state index in [1.54, 1.807) is 0 Å². The molecule has 6 nitrogen and oxygen atoms in total. The molecule has 0 aromatic heterocycles. The average molecular weight is 157 g/mol. The van der Waals surface area contributed by atoms with Crippen LogP contribution in [0, 0.1) is 0 Å². The number of amides is 4. The molecule has 0 aromatic rings. The first-order valence-corrected chi connectivity index (χ1v) is 2.90. The van der Waals surface area contributed by atoms with Gasteiger partial charge in [-0.2, -0.15) is 0 Å². The summed E-state index contributed by atoms with van der Waals surface area (Å²) < 4.78 is 0. The Balaban J connectivity index is 2.93. The van der Waals surface area contributed by atoms with Crippen molar-refractivity contribution in [1.29, 1.82) is 0 Å². The van der Waals surface area contributed by atoms with Crippen molar-refractivity contribution >= 4 is 17.8 Å². The van der Waals surface area contributed by atoms with Crippen LogP contribution in [0.2, 0.25) is 0 Å². The van der Waals surface area contributed by atoms with Crippen molar-refractivity contribution < 1.29 is 14.4 Å². The van der Waals surface area contributed by atoms with Gasteiger partial charge in [0, 0.05) is 0 Å². The van der Waals surface area contributed by atoms with Gasteiger partial charge in [-0.25, -0.2) is 4.79 Å². The number of nitrogens with one attached hydrogen (secondary N) is 2. The molecule has 0 spiro atoms. The summed E-state index contributed by atoms with van der Waals surface area (Å²) in [6.07, 6.45) is 0. The molecule has 1 aliphatic heterocycles. The van der Waals surface area contributed by atoms with Crippen LogP contribution in [0.1, 0.15) is 6.92 Å². The van der Waals surface area contributed by atoms with E-state index < -0.39 is 23.4 Å². The van der Waals surface area contributed by atoms with E-state index in [4.69, 9.17) is 5.73 Å². The van der Waals surface area contributed by atoms with Gasteiger partial charge in [0.1, 0.15) is 0 Å². The summed E-state index contributed by atoms with van der Waals surface area (Å²) in [4.78, 5) is 32.1. The van der Waals surface area contributed by atoms with Gasteiger partial charge in [-0.1, -0.05) is 0 Å². The van der Waals surface area contributed by atoms with Gasteiger partial charge < -0.3 is 5.73 Å². The summed E-state index contributed by atoms with van der Waals surface area (Å²) in [5.41, 5.74) is 3.61. The predicted molar refractivity (Wildman–Crippen MR) is 34.3 cm³/mol. The Morgan fingerprint density at radius 1 is 1.18 bits per heavy atom. The van der Waals surface area contributed by atoms with Crippen LogP contribution in [0.25, 0.3) is 0 Å². The van der Waals surface area contributed by atoms with E-state index in [0.29, 0.717) is 0 Å². The third kappa shape index (κ3) is 1.07. The maximum Gasteiger partial charge on any atom is 0.328 e. The van der Waals surface area contributed by atoms with Gasteiger partial charge in [0.05, 0.1) is 0 Å². The van der Waals surface area contributed by atoms with Crippen LogP contribution in [0.3, 0.4) is 0 Å². The SMILES string of the molecule is CC1(N)C(=O)NC(=O)NC1=O. The van der Waals surface area contributed by atoms with Gasteiger partial charge in [0.25, 0.3) is 11.8 Å². The van der Waals surface area contributed by atoms with Crippen molar-refractivity contribution in [3.63, 3.8) is 0 Å². The largest absolute Gasteiger partial charge is 0.328 e. The second-order valence-corrected chi connectivity index (χ2v) is 2.44. The number of rotatable bonds is 0. The topological polar surface area (TPSA) is 101 Å². The number of carbonyl (C=O) groups is 3. The first kappa shape index (κ1) is 7.67. The van der Waals surface area contributed by atoms with Gasteiger partial charge in [-0.3, -0.25) is 20.2 Å². The third-order valence-electron chi connectivity index (χ3n) is 1.40. The number of barbiturate groups is 1. The zero-order chi connectivity index (χ0) is 8.65. The van der Waals surface area contributed by atoms with Crippen molar-refractivity contribution in [2.75, 3.05) is 0 Å². The third-order valence-corrected chi connectivity index (χ3v) is 1.40. The predicted octanol–water partition coefficient (Wildman–Crippen LogP) is -1.93. The number of hydrogen-bond donors (Lipinski definition) is 3. The van der Waals surface area contributed by atoms with Crippen molar-refractivity contribution in [3.8, 4) is 0 Å². The quantitative estimate of drug-likeness (QED) is 0.356. The molecule has 60 valence electrons. The molecule has 11 heavy (non-hydrogen) atoms. The van der Waals surface area contributed by atoms with Crippen molar-refractivity contribution in [2.24, 2.45) is 5.73 Å². The van der Waals surface area contributed by atoms with Crippen LogP contribution in [0.4, 0.5) is 4.79 Å². The summed E-state index contributed by atoms with van der Waals surface area (Å²) in [5.74, 6) is -1.57.